The van der Waals surface area contributed by atoms with Gasteiger partial charge in [-0.15, -0.1) is 12.4 Å². The molecule has 0 fully saturated rings. The number of hydrogen-bond donors (Lipinski definition) is 3. The number of carboxylic acid groups (broad SMARTS) is 1. The number of aromatic nitrogens is 1. The Morgan fingerprint density at radius 3 is 2.64 bits per heavy atom. The minimum absolute atomic E-state index is 0. The lowest BCUT2D eigenvalue weighted by atomic mass is 9.99. The molecule has 2 heterocycles. The molecule has 7 nitrogen and oxygen atoms in total. The molecule has 0 radical (unpaired) electrons. The summed E-state index contributed by atoms with van der Waals surface area (Å²) in [6, 6.07) is 1.54. The van der Waals surface area contributed by atoms with Gasteiger partial charge in [0.2, 0.25) is 5.91 Å². The zero-order valence-corrected chi connectivity index (χ0v) is 14.9. The van der Waals surface area contributed by atoms with Crippen LogP contribution < -0.4 is 11.5 Å². The number of nitrogens with zero attached hydrogens (tertiary/aromatic N) is 2. The van der Waals surface area contributed by atoms with Gasteiger partial charge in [0.15, 0.2) is 0 Å². The molecule has 0 bridgehead atoms. The number of carbonyl (C=O) groups excluding carboxylic acids is 1. The molecule has 0 aliphatic carbocycles. The molecule has 0 atom stereocenters. The van der Waals surface area contributed by atoms with Crippen molar-refractivity contribution in [1.29, 1.82) is 0 Å². The number of rotatable bonds is 7. The van der Waals surface area contributed by atoms with Gasteiger partial charge < -0.3 is 21.5 Å². The number of aromatic carboxylic acids is 1. The maximum atomic E-state index is 12.2. The Kier molecular flexibility index (Phi) is 8.37. The third kappa shape index (κ3) is 5.72. The van der Waals surface area contributed by atoms with Crippen molar-refractivity contribution >= 4 is 35.7 Å². The molecule has 1 aliphatic heterocycles. The van der Waals surface area contributed by atoms with Crippen LogP contribution in [-0.4, -0.2) is 46.5 Å². The van der Waals surface area contributed by atoms with Crippen molar-refractivity contribution in [3.05, 3.63) is 29.5 Å². The van der Waals surface area contributed by atoms with Crippen molar-refractivity contribution < 1.29 is 14.7 Å². The predicted octanol–water partition coefficient (Wildman–Crippen LogP) is 1.92. The Labute approximate surface area is 153 Å². The van der Waals surface area contributed by atoms with Crippen molar-refractivity contribution in [2.45, 2.75) is 32.1 Å². The van der Waals surface area contributed by atoms with E-state index in [0.717, 1.165) is 30.4 Å². The van der Waals surface area contributed by atoms with Crippen molar-refractivity contribution in [2.24, 2.45) is 5.73 Å². The van der Waals surface area contributed by atoms with Crippen LogP contribution in [0.25, 0.3) is 5.57 Å². The second-order valence-electron chi connectivity index (χ2n) is 5.88. The molecule has 0 unspecified atom stereocenters. The fourth-order valence-electron chi connectivity index (χ4n) is 2.74. The average molecular weight is 369 g/mol. The molecular weight excluding hydrogens is 344 g/mol. The van der Waals surface area contributed by atoms with Gasteiger partial charge in [0.05, 0.1) is 0 Å². The molecule has 2 rings (SSSR count). The van der Waals surface area contributed by atoms with Crippen LogP contribution in [0.1, 0.15) is 48.0 Å². The summed E-state index contributed by atoms with van der Waals surface area (Å²) in [6.45, 7) is 1.84. The van der Waals surface area contributed by atoms with Gasteiger partial charge in [-0.3, -0.25) is 4.79 Å². The first kappa shape index (κ1) is 20.9. The van der Waals surface area contributed by atoms with E-state index in [9.17, 15) is 9.59 Å². The Balaban J connectivity index is 0.00000312. The van der Waals surface area contributed by atoms with Crippen LogP contribution in [0.5, 0.6) is 0 Å². The number of carbonyl (C=O) groups is 2. The van der Waals surface area contributed by atoms with Gasteiger partial charge in [0.25, 0.3) is 0 Å². The van der Waals surface area contributed by atoms with Crippen molar-refractivity contribution in [2.75, 3.05) is 25.4 Å². The molecule has 1 aromatic rings. The fraction of sp³-hybridized carbons (Fsp3) is 0.471. The van der Waals surface area contributed by atoms with Crippen LogP contribution in [0.15, 0.2) is 18.3 Å². The van der Waals surface area contributed by atoms with Crippen LogP contribution in [0, 0.1) is 0 Å². The van der Waals surface area contributed by atoms with Crippen LogP contribution in [0.3, 0.4) is 0 Å². The Morgan fingerprint density at radius 2 is 2.04 bits per heavy atom. The summed E-state index contributed by atoms with van der Waals surface area (Å²) in [6.07, 6.45) is 7.57. The van der Waals surface area contributed by atoms with Crippen molar-refractivity contribution in [3.63, 3.8) is 0 Å². The van der Waals surface area contributed by atoms with E-state index in [1.807, 2.05) is 11.0 Å². The van der Waals surface area contributed by atoms with Gasteiger partial charge in [0, 0.05) is 25.7 Å². The minimum atomic E-state index is -1.09. The summed E-state index contributed by atoms with van der Waals surface area (Å²) in [4.78, 5) is 29.1. The zero-order valence-electron chi connectivity index (χ0n) is 14.1. The quantitative estimate of drug-likeness (QED) is 0.632. The van der Waals surface area contributed by atoms with E-state index in [1.54, 1.807) is 12.3 Å². The summed E-state index contributed by atoms with van der Waals surface area (Å²) in [5.41, 5.74) is 12.8. The molecule has 1 amide bonds. The van der Waals surface area contributed by atoms with Crippen molar-refractivity contribution in [1.82, 2.24) is 9.88 Å². The summed E-state index contributed by atoms with van der Waals surface area (Å²) < 4.78 is 0. The van der Waals surface area contributed by atoms with E-state index < -0.39 is 5.97 Å². The molecule has 25 heavy (non-hydrogen) atoms. The zero-order chi connectivity index (χ0) is 17.5. The number of unbranched alkanes of at least 4 members (excludes halogenated alkanes) is 2. The number of halogens is 1. The molecule has 0 spiro atoms. The van der Waals surface area contributed by atoms with Gasteiger partial charge in [-0.2, -0.15) is 0 Å². The molecule has 0 saturated carbocycles. The molecule has 138 valence electrons. The number of nitrogen functional groups attached to an aromatic ring is 1. The minimum Gasteiger partial charge on any atom is -0.478 e. The van der Waals surface area contributed by atoms with E-state index in [-0.39, 0.29) is 29.7 Å². The highest BCUT2D eigenvalue weighted by molar-refractivity contribution is 5.93. The normalized spacial score (nSPS) is 13.8. The van der Waals surface area contributed by atoms with Gasteiger partial charge in [-0.25, -0.2) is 9.78 Å². The first-order valence-electron chi connectivity index (χ1n) is 8.19. The molecule has 0 saturated heterocycles. The third-order valence-electron chi connectivity index (χ3n) is 4.18. The highest BCUT2D eigenvalue weighted by atomic mass is 35.5. The lowest BCUT2D eigenvalue weighted by Gasteiger charge is -2.27. The second-order valence-corrected chi connectivity index (χ2v) is 5.88. The topological polar surface area (TPSA) is 123 Å². The van der Waals surface area contributed by atoms with E-state index in [2.05, 4.69) is 4.98 Å². The van der Waals surface area contributed by atoms with E-state index in [1.165, 1.54) is 0 Å². The number of carboxylic acids is 1. The highest BCUT2D eigenvalue weighted by Crippen LogP contribution is 2.24. The second kappa shape index (κ2) is 10.0. The first-order valence-corrected chi connectivity index (χ1v) is 8.19. The Morgan fingerprint density at radius 1 is 1.28 bits per heavy atom. The number of pyridine rings is 1. The predicted molar refractivity (Wildman–Crippen MR) is 99.6 cm³/mol. The standard InChI is InChI=1S/C17H24N4O3.ClH/c18-7-3-1-2-4-15(22)21-8-5-12(6-9-21)13-10-14(17(23)24)16(19)20-11-13;/h5,10-11H,1-4,6-9,18H2,(H2,19,20)(H,23,24);1H. The molecule has 1 aromatic heterocycles. The van der Waals surface area contributed by atoms with Gasteiger partial charge in [-0.05, 0) is 43.0 Å². The number of nitrogens with two attached hydrogens (primary N) is 2. The maximum Gasteiger partial charge on any atom is 0.339 e. The van der Waals surface area contributed by atoms with Crippen LogP contribution in [0.2, 0.25) is 0 Å². The highest BCUT2D eigenvalue weighted by Gasteiger charge is 2.19. The van der Waals surface area contributed by atoms with Crippen LogP contribution >= 0.6 is 12.4 Å². The average Bonchev–Trinajstić information content (AvgIpc) is 2.59. The van der Waals surface area contributed by atoms with Gasteiger partial charge >= 0.3 is 5.97 Å². The number of amides is 1. The SMILES string of the molecule is Cl.NCCCCCC(=O)N1CC=C(c2cnc(N)c(C(=O)O)c2)CC1. The molecule has 1 aliphatic rings. The molecular formula is C17H25ClN4O3. The summed E-state index contributed by atoms with van der Waals surface area (Å²) in [7, 11) is 0. The van der Waals surface area contributed by atoms with E-state index in [4.69, 9.17) is 16.6 Å². The molecule has 5 N–H and O–H groups in total. The number of hydrogen-bond acceptors (Lipinski definition) is 5. The largest absolute Gasteiger partial charge is 0.478 e. The van der Waals surface area contributed by atoms with E-state index in [0.29, 0.717) is 32.5 Å². The van der Waals surface area contributed by atoms with Gasteiger partial charge in [-0.1, -0.05) is 12.5 Å². The molecule has 8 heteroatoms. The van der Waals surface area contributed by atoms with Crippen LogP contribution in [0.4, 0.5) is 5.82 Å². The summed E-state index contributed by atoms with van der Waals surface area (Å²) in [5.74, 6) is -0.923. The van der Waals surface area contributed by atoms with Crippen LogP contribution in [-0.2, 0) is 4.79 Å². The first-order chi connectivity index (χ1) is 11.5. The maximum absolute atomic E-state index is 12.2. The fourth-order valence-corrected chi connectivity index (χ4v) is 2.74. The molecule has 0 aromatic carbocycles. The summed E-state index contributed by atoms with van der Waals surface area (Å²) in [5, 5.41) is 9.12. The lowest BCUT2D eigenvalue weighted by Crippen LogP contribution is -2.34. The smallest absolute Gasteiger partial charge is 0.339 e. The van der Waals surface area contributed by atoms with Crippen molar-refractivity contribution in [3.8, 4) is 0 Å². The van der Waals surface area contributed by atoms with Gasteiger partial charge in [0.1, 0.15) is 11.4 Å². The lowest BCUT2D eigenvalue weighted by molar-refractivity contribution is -0.130. The Hall–Kier alpha value is -2.12. The van der Waals surface area contributed by atoms with E-state index >= 15 is 0 Å². The third-order valence-corrected chi connectivity index (χ3v) is 4.18. The monoisotopic (exact) mass is 368 g/mol. The Bertz CT molecular complexity index is 649. The summed E-state index contributed by atoms with van der Waals surface area (Å²) >= 11 is 0. The number of anilines is 1.